The zero-order valence-corrected chi connectivity index (χ0v) is 9.16. The Kier molecular flexibility index (Phi) is 2.74. The first-order valence-corrected chi connectivity index (χ1v) is 5.28. The van der Waals surface area contributed by atoms with E-state index in [2.05, 4.69) is 0 Å². The van der Waals surface area contributed by atoms with Gasteiger partial charge in [0.15, 0.2) is 6.29 Å². The van der Waals surface area contributed by atoms with Gasteiger partial charge in [0.25, 0.3) is 0 Å². The normalized spacial score (nSPS) is 12.7. The van der Waals surface area contributed by atoms with Crippen molar-refractivity contribution in [3.8, 4) is 0 Å². The van der Waals surface area contributed by atoms with Gasteiger partial charge in [-0.3, -0.25) is 4.79 Å². The molecule has 2 heteroatoms. The van der Waals surface area contributed by atoms with Crippen LogP contribution in [-0.4, -0.2) is 6.29 Å². The van der Waals surface area contributed by atoms with E-state index < -0.39 is 0 Å². The van der Waals surface area contributed by atoms with Gasteiger partial charge >= 0.3 is 0 Å². The lowest BCUT2D eigenvalue weighted by Gasteiger charge is -2.09. The van der Waals surface area contributed by atoms with E-state index in [0.717, 1.165) is 22.6 Å². The standard InChI is InChI=1S/C13H11ClO/c1-9(14)11-7-6-10-4-2-3-5-12(10)13(11)8-15/h2-9H,1H3. The number of hydrogen-bond acceptors (Lipinski definition) is 1. The fourth-order valence-electron chi connectivity index (χ4n) is 1.79. The Labute approximate surface area is 93.7 Å². The molecular weight excluding hydrogens is 208 g/mol. The molecule has 1 nitrogen and oxygen atoms in total. The second-order valence-electron chi connectivity index (χ2n) is 3.52. The summed E-state index contributed by atoms with van der Waals surface area (Å²) in [7, 11) is 0. The lowest BCUT2D eigenvalue weighted by molar-refractivity contribution is 0.112. The average molecular weight is 219 g/mol. The number of hydrogen-bond donors (Lipinski definition) is 0. The van der Waals surface area contributed by atoms with Crippen LogP contribution in [0, 0.1) is 0 Å². The predicted octanol–water partition coefficient (Wildman–Crippen LogP) is 3.95. The van der Waals surface area contributed by atoms with Crippen LogP contribution in [0.3, 0.4) is 0 Å². The van der Waals surface area contributed by atoms with Crippen LogP contribution in [-0.2, 0) is 0 Å². The number of carbonyl (C=O) groups is 1. The predicted molar refractivity (Wildman–Crippen MR) is 63.6 cm³/mol. The Balaban J connectivity index is 2.81. The highest BCUT2D eigenvalue weighted by Crippen LogP contribution is 2.28. The summed E-state index contributed by atoms with van der Waals surface area (Å²) in [5.41, 5.74) is 1.60. The van der Waals surface area contributed by atoms with E-state index in [4.69, 9.17) is 11.6 Å². The van der Waals surface area contributed by atoms with E-state index >= 15 is 0 Å². The van der Waals surface area contributed by atoms with E-state index in [1.165, 1.54) is 0 Å². The molecule has 76 valence electrons. The molecule has 0 saturated heterocycles. The number of carbonyl (C=O) groups excluding carboxylic acids is 1. The van der Waals surface area contributed by atoms with Crippen molar-refractivity contribution in [3.63, 3.8) is 0 Å². The first-order valence-electron chi connectivity index (χ1n) is 4.85. The molecule has 0 amide bonds. The van der Waals surface area contributed by atoms with Gasteiger partial charge in [-0.05, 0) is 23.3 Å². The monoisotopic (exact) mass is 218 g/mol. The van der Waals surface area contributed by atoms with Crippen molar-refractivity contribution in [1.29, 1.82) is 0 Å². The van der Waals surface area contributed by atoms with Gasteiger partial charge in [-0.1, -0.05) is 36.4 Å². The largest absolute Gasteiger partial charge is 0.298 e. The van der Waals surface area contributed by atoms with Gasteiger partial charge in [0.2, 0.25) is 0 Å². The molecule has 0 heterocycles. The minimum atomic E-state index is -0.144. The van der Waals surface area contributed by atoms with Crippen molar-refractivity contribution >= 4 is 28.7 Å². The molecule has 2 aromatic carbocycles. The highest BCUT2D eigenvalue weighted by molar-refractivity contribution is 6.21. The van der Waals surface area contributed by atoms with Crippen LogP contribution in [0.5, 0.6) is 0 Å². The maximum Gasteiger partial charge on any atom is 0.151 e. The summed E-state index contributed by atoms with van der Waals surface area (Å²) in [5.74, 6) is 0. The second-order valence-corrected chi connectivity index (χ2v) is 4.18. The molecule has 0 fully saturated rings. The van der Waals surface area contributed by atoms with Gasteiger partial charge in [0.05, 0.1) is 5.38 Å². The molecule has 0 N–H and O–H groups in total. The minimum absolute atomic E-state index is 0.144. The van der Waals surface area contributed by atoms with Crippen LogP contribution in [0.25, 0.3) is 10.8 Å². The highest BCUT2D eigenvalue weighted by Gasteiger charge is 2.10. The third-order valence-corrected chi connectivity index (χ3v) is 2.79. The first-order chi connectivity index (χ1) is 7.24. The van der Waals surface area contributed by atoms with Crippen LogP contribution in [0.2, 0.25) is 0 Å². The second kappa shape index (κ2) is 4.03. The minimum Gasteiger partial charge on any atom is -0.298 e. The summed E-state index contributed by atoms with van der Waals surface area (Å²) in [6, 6.07) is 11.7. The Morgan fingerprint density at radius 1 is 1.20 bits per heavy atom. The van der Waals surface area contributed by atoms with Gasteiger partial charge in [0, 0.05) is 5.56 Å². The average Bonchev–Trinajstić information content (AvgIpc) is 2.27. The number of fused-ring (bicyclic) bond motifs is 1. The van der Waals surface area contributed by atoms with Gasteiger partial charge in [0.1, 0.15) is 0 Å². The van der Waals surface area contributed by atoms with E-state index in [9.17, 15) is 4.79 Å². The fourth-order valence-corrected chi connectivity index (χ4v) is 1.98. The van der Waals surface area contributed by atoms with Crippen LogP contribution < -0.4 is 0 Å². The maximum atomic E-state index is 11.1. The molecule has 0 saturated carbocycles. The Hall–Kier alpha value is -1.34. The summed E-state index contributed by atoms with van der Waals surface area (Å²) < 4.78 is 0. The number of alkyl halides is 1. The van der Waals surface area contributed by atoms with Gasteiger partial charge in [-0.15, -0.1) is 11.6 Å². The van der Waals surface area contributed by atoms with Crippen LogP contribution in [0.1, 0.15) is 28.2 Å². The molecule has 0 aliphatic heterocycles. The molecular formula is C13H11ClO. The van der Waals surface area contributed by atoms with E-state index in [1.54, 1.807) is 0 Å². The lowest BCUT2D eigenvalue weighted by atomic mass is 9.98. The zero-order chi connectivity index (χ0) is 10.8. The summed E-state index contributed by atoms with van der Waals surface area (Å²) in [5, 5.41) is 1.90. The maximum absolute atomic E-state index is 11.1. The van der Waals surface area contributed by atoms with Crippen molar-refractivity contribution in [2.24, 2.45) is 0 Å². The summed E-state index contributed by atoms with van der Waals surface area (Å²) in [6.45, 7) is 1.87. The van der Waals surface area contributed by atoms with Crippen LogP contribution >= 0.6 is 11.6 Å². The Morgan fingerprint density at radius 3 is 2.60 bits per heavy atom. The van der Waals surface area contributed by atoms with E-state index in [0.29, 0.717) is 5.56 Å². The number of rotatable bonds is 2. The highest BCUT2D eigenvalue weighted by atomic mass is 35.5. The van der Waals surface area contributed by atoms with Gasteiger partial charge < -0.3 is 0 Å². The van der Waals surface area contributed by atoms with Crippen molar-refractivity contribution in [1.82, 2.24) is 0 Å². The first kappa shape index (κ1) is 10.2. The zero-order valence-electron chi connectivity index (χ0n) is 8.41. The van der Waals surface area contributed by atoms with Crippen LogP contribution in [0.4, 0.5) is 0 Å². The molecule has 1 atom stereocenters. The van der Waals surface area contributed by atoms with E-state index in [-0.39, 0.29) is 5.38 Å². The van der Waals surface area contributed by atoms with Crippen molar-refractivity contribution in [2.75, 3.05) is 0 Å². The molecule has 0 bridgehead atoms. The van der Waals surface area contributed by atoms with Crippen molar-refractivity contribution in [2.45, 2.75) is 12.3 Å². The molecule has 0 radical (unpaired) electrons. The SMILES string of the molecule is CC(Cl)c1ccc2ccccc2c1C=O. The Bertz CT molecular complexity index is 503. The van der Waals surface area contributed by atoms with E-state index in [1.807, 2.05) is 43.3 Å². The summed E-state index contributed by atoms with van der Waals surface area (Å²) in [6.07, 6.45) is 0.885. The number of benzene rings is 2. The third kappa shape index (κ3) is 1.75. The fraction of sp³-hybridized carbons (Fsp3) is 0.154. The van der Waals surface area contributed by atoms with Crippen LogP contribution in [0.15, 0.2) is 36.4 Å². The summed E-state index contributed by atoms with van der Waals surface area (Å²) in [4.78, 5) is 11.1. The lowest BCUT2D eigenvalue weighted by Crippen LogP contribution is -1.94. The molecule has 0 spiro atoms. The number of halogens is 1. The quantitative estimate of drug-likeness (QED) is 0.551. The number of aldehydes is 1. The topological polar surface area (TPSA) is 17.1 Å². The van der Waals surface area contributed by atoms with Gasteiger partial charge in [-0.2, -0.15) is 0 Å². The molecule has 0 aliphatic rings. The van der Waals surface area contributed by atoms with Crippen molar-refractivity contribution < 1.29 is 4.79 Å². The third-order valence-electron chi connectivity index (χ3n) is 2.55. The molecule has 2 aromatic rings. The molecule has 1 unspecified atom stereocenters. The van der Waals surface area contributed by atoms with Gasteiger partial charge in [-0.25, -0.2) is 0 Å². The molecule has 0 aromatic heterocycles. The smallest absolute Gasteiger partial charge is 0.151 e. The molecule has 15 heavy (non-hydrogen) atoms. The Morgan fingerprint density at radius 2 is 1.93 bits per heavy atom. The molecule has 2 rings (SSSR count). The molecule has 0 aliphatic carbocycles. The summed E-state index contributed by atoms with van der Waals surface area (Å²) >= 11 is 6.03. The van der Waals surface area contributed by atoms with Crippen molar-refractivity contribution in [3.05, 3.63) is 47.5 Å².